The highest BCUT2D eigenvalue weighted by Gasteiger charge is 2.04. The summed E-state index contributed by atoms with van der Waals surface area (Å²) in [4.78, 5) is 0. The maximum atomic E-state index is 8.64. The van der Waals surface area contributed by atoms with Crippen molar-refractivity contribution in [1.29, 1.82) is 0 Å². The van der Waals surface area contributed by atoms with E-state index in [1.807, 2.05) is 25.1 Å². The van der Waals surface area contributed by atoms with E-state index < -0.39 is 0 Å². The molecule has 16 heavy (non-hydrogen) atoms. The molecule has 0 unspecified atom stereocenters. The molecule has 0 aliphatic carbocycles. The number of aliphatic hydroxyl groups is 1. The van der Waals surface area contributed by atoms with Crippen LogP contribution in [0.15, 0.2) is 28.7 Å². The molecule has 84 valence electrons. The first-order chi connectivity index (χ1) is 7.79. The Balaban J connectivity index is 2.13. The predicted octanol–water partition coefficient (Wildman–Crippen LogP) is 1.45. The second-order valence-corrected chi connectivity index (χ2v) is 3.36. The highest BCUT2D eigenvalue weighted by atomic mass is 16.3. The molecule has 2 aromatic rings. The Bertz CT molecular complexity index is 451. The van der Waals surface area contributed by atoms with E-state index in [9.17, 15) is 0 Å². The van der Waals surface area contributed by atoms with Gasteiger partial charge in [-0.2, -0.15) is 0 Å². The molecule has 0 aromatic carbocycles. The normalized spacial score (nSPS) is 10.4. The van der Waals surface area contributed by atoms with E-state index in [2.05, 4.69) is 15.5 Å². The van der Waals surface area contributed by atoms with Gasteiger partial charge in [0.2, 0.25) is 0 Å². The van der Waals surface area contributed by atoms with Crippen molar-refractivity contribution in [2.75, 3.05) is 18.5 Å². The third-order valence-electron chi connectivity index (χ3n) is 2.08. The van der Waals surface area contributed by atoms with Crippen LogP contribution in [0.1, 0.15) is 5.76 Å². The third kappa shape index (κ3) is 2.38. The van der Waals surface area contributed by atoms with Crippen LogP contribution in [-0.4, -0.2) is 28.5 Å². The molecule has 0 fully saturated rings. The molecule has 2 aromatic heterocycles. The highest BCUT2D eigenvalue weighted by Crippen LogP contribution is 2.19. The zero-order valence-electron chi connectivity index (χ0n) is 8.97. The van der Waals surface area contributed by atoms with Crippen LogP contribution in [0.2, 0.25) is 0 Å². The van der Waals surface area contributed by atoms with Crippen molar-refractivity contribution in [2.45, 2.75) is 6.92 Å². The molecule has 0 aliphatic heterocycles. The minimum Gasteiger partial charge on any atom is -0.460 e. The molecule has 0 saturated heterocycles. The number of hydrogen-bond acceptors (Lipinski definition) is 5. The molecule has 2 N–H and O–H groups in total. The van der Waals surface area contributed by atoms with Crippen LogP contribution in [0.3, 0.4) is 0 Å². The van der Waals surface area contributed by atoms with Gasteiger partial charge >= 0.3 is 0 Å². The smallest absolute Gasteiger partial charge is 0.154 e. The quantitative estimate of drug-likeness (QED) is 0.814. The van der Waals surface area contributed by atoms with Crippen molar-refractivity contribution in [3.05, 3.63) is 30.0 Å². The lowest BCUT2D eigenvalue weighted by atomic mass is 10.3. The van der Waals surface area contributed by atoms with Crippen LogP contribution in [-0.2, 0) is 0 Å². The molecule has 2 heterocycles. The average molecular weight is 219 g/mol. The fraction of sp³-hybridized carbons (Fsp3) is 0.273. The molecule has 5 nitrogen and oxygen atoms in total. The molecule has 0 spiro atoms. The van der Waals surface area contributed by atoms with Crippen LogP contribution in [0.25, 0.3) is 11.5 Å². The van der Waals surface area contributed by atoms with E-state index >= 15 is 0 Å². The van der Waals surface area contributed by atoms with Gasteiger partial charge in [-0.1, -0.05) is 0 Å². The molecular formula is C11H13N3O2. The topological polar surface area (TPSA) is 71.2 Å². The first kappa shape index (κ1) is 10.6. The SMILES string of the molecule is Cc1ccc(-c2ccc(NCCO)nn2)o1. The van der Waals surface area contributed by atoms with Crippen LogP contribution < -0.4 is 5.32 Å². The summed E-state index contributed by atoms with van der Waals surface area (Å²) in [5.74, 6) is 2.19. The summed E-state index contributed by atoms with van der Waals surface area (Å²) in [6.07, 6.45) is 0. The Hall–Kier alpha value is -1.88. The van der Waals surface area contributed by atoms with Gasteiger partial charge in [0.1, 0.15) is 17.3 Å². The third-order valence-corrected chi connectivity index (χ3v) is 2.08. The maximum Gasteiger partial charge on any atom is 0.154 e. The lowest BCUT2D eigenvalue weighted by Crippen LogP contribution is -2.07. The minimum atomic E-state index is 0.0702. The standard InChI is InChI=1S/C11H13N3O2/c1-8-2-4-10(16-8)9-3-5-11(14-13-9)12-6-7-15/h2-5,15H,6-7H2,1H3,(H,12,14). The number of aromatic nitrogens is 2. The molecule has 0 bridgehead atoms. The Kier molecular flexibility index (Phi) is 3.16. The second-order valence-electron chi connectivity index (χ2n) is 3.36. The summed E-state index contributed by atoms with van der Waals surface area (Å²) >= 11 is 0. The summed E-state index contributed by atoms with van der Waals surface area (Å²) in [5.41, 5.74) is 0.697. The number of furan rings is 1. The molecule has 0 atom stereocenters. The van der Waals surface area contributed by atoms with Gasteiger partial charge in [-0.25, -0.2) is 0 Å². The number of hydrogen-bond donors (Lipinski definition) is 2. The molecule has 0 amide bonds. The lowest BCUT2D eigenvalue weighted by Gasteiger charge is -2.02. The first-order valence-electron chi connectivity index (χ1n) is 5.05. The average Bonchev–Trinajstić information content (AvgIpc) is 2.74. The summed E-state index contributed by atoms with van der Waals surface area (Å²) in [5, 5.41) is 19.6. The lowest BCUT2D eigenvalue weighted by molar-refractivity contribution is 0.311. The summed E-state index contributed by atoms with van der Waals surface area (Å²) in [7, 11) is 0. The van der Waals surface area contributed by atoms with E-state index in [1.54, 1.807) is 6.07 Å². The maximum absolute atomic E-state index is 8.64. The van der Waals surface area contributed by atoms with Crippen LogP contribution in [0.5, 0.6) is 0 Å². The number of nitrogens with zero attached hydrogens (tertiary/aromatic N) is 2. The van der Waals surface area contributed by atoms with E-state index in [0.717, 1.165) is 5.76 Å². The van der Waals surface area contributed by atoms with Crippen molar-refractivity contribution < 1.29 is 9.52 Å². The van der Waals surface area contributed by atoms with Gasteiger partial charge in [0.25, 0.3) is 0 Å². The molecular weight excluding hydrogens is 206 g/mol. The van der Waals surface area contributed by atoms with Crippen molar-refractivity contribution in [2.24, 2.45) is 0 Å². The number of aryl methyl sites for hydroxylation is 1. The Morgan fingerprint density at radius 1 is 1.25 bits per heavy atom. The first-order valence-corrected chi connectivity index (χ1v) is 5.05. The molecule has 5 heteroatoms. The highest BCUT2D eigenvalue weighted by molar-refractivity contribution is 5.53. The van der Waals surface area contributed by atoms with Gasteiger partial charge in [-0.15, -0.1) is 10.2 Å². The zero-order chi connectivity index (χ0) is 11.4. The van der Waals surface area contributed by atoms with E-state index in [-0.39, 0.29) is 6.61 Å². The van der Waals surface area contributed by atoms with E-state index in [0.29, 0.717) is 23.8 Å². The van der Waals surface area contributed by atoms with Crippen molar-refractivity contribution in [1.82, 2.24) is 10.2 Å². The molecule has 0 saturated carbocycles. The number of rotatable bonds is 4. The van der Waals surface area contributed by atoms with Gasteiger partial charge in [-0.05, 0) is 31.2 Å². The summed E-state index contributed by atoms with van der Waals surface area (Å²) in [6.45, 7) is 2.42. The monoisotopic (exact) mass is 219 g/mol. The molecule has 0 aliphatic rings. The molecule has 2 rings (SSSR count). The van der Waals surface area contributed by atoms with Crippen molar-refractivity contribution in [3.63, 3.8) is 0 Å². The Morgan fingerprint density at radius 2 is 2.12 bits per heavy atom. The second kappa shape index (κ2) is 4.76. The number of aliphatic hydroxyl groups excluding tert-OH is 1. The predicted molar refractivity (Wildman–Crippen MR) is 60.0 cm³/mol. The summed E-state index contributed by atoms with van der Waals surface area (Å²) < 4.78 is 5.43. The van der Waals surface area contributed by atoms with Crippen LogP contribution in [0.4, 0.5) is 5.82 Å². The fourth-order valence-electron chi connectivity index (χ4n) is 1.31. The zero-order valence-corrected chi connectivity index (χ0v) is 8.97. The Labute approximate surface area is 93.1 Å². The fourth-order valence-corrected chi connectivity index (χ4v) is 1.31. The number of anilines is 1. The van der Waals surface area contributed by atoms with Gasteiger partial charge in [0, 0.05) is 6.54 Å². The van der Waals surface area contributed by atoms with Crippen LogP contribution >= 0.6 is 0 Å². The molecule has 0 radical (unpaired) electrons. The Morgan fingerprint density at radius 3 is 2.69 bits per heavy atom. The minimum absolute atomic E-state index is 0.0702. The van der Waals surface area contributed by atoms with Gasteiger partial charge in [0.15, 0.2) is 5.76 Å². The van der Waals surface area contributed by atoms with Crippen LogP contribution in [0, 0.1) is 6.92 Å². The largest absolute Gasteiger partial charge is 0.460 e. The van der Waals surface area contributed by atoms with Crippen molar-refractivity contribution >= 4 is 5.82 Å². The van der Waals surface area contributed by atoms with Gasteiger partial charge in [0.05, 0.1) is 6.61 Å². The summed E-state index contributed by atoms with van der Waals surface area (Å²) in [6, 6.07) is 7.37. The van der Waals surface area contributed by atoms with Crippen molar-refractivity contribution in [3.8, 4) is 11.5 Å². The van der Waals surface area contributed by atoms with Gasteiger partial charge < -0.3 is 14.8 Å². The van der Waals surface area contributed by atoms with E-state index in [4.69, 9.17) is 9.52 Å². The number of nitrogens with one attached hydrogen (secondary N) is 1. The van der Waals surface area contributed by atoms with E-state index in [1.165, 1.54) is 0 Å². The van der Waals surface area contributed by atoms with Gasteiger partial charge in [-0.3, -0.25) is 0 Å².